The van der Waals surface area contributed by atoms with Crippen LogP contribution in [0.4, 0.5) is 0 Å². The number of ether oxygens (including phenoxy) is 1. The summed E-state index contributed by atoms with van der Waals surface area (Å²) in [5.41, 5.74) is 3.48. The molecule has 1 N–H and O–H groups in total. The molecule has 0 aromatic heterocycles. The molecule has 1 aliphatic rings. The molecule has 1 aliphatic heterocycles. The van der Waals surface area contributed by atoms with Gasteiger partial charge in [0.15, 0.2) is 0 Å². The van der Waals surface area contributed by atoms with Crippen molar-refractivity contribution in [3.63, 3.8) is 0 Å². The second kappa shape index (κ2) is 8.93. The highest BCUT2D eigenvalue weighted by Crippen LogP contribution is 2.29. The van der Waals surface area contributed by atoms with Crippen LogP contribution in [0, 0.1) is 20.8 Å². The van der Waals surface area contributed by atoms with Crippen LogP contribution in [0.5, 0.6) is 0 Å². The zero-order valence-electron chi connectivity index (χ0n) is 16.5. The fourth-order valence-corrected chi connectivity index (χ4v) is 5.67. The molecule has 28 heavy (non-hydrogen) atoms. The highest BCUT2D eigenvalue weighted by molar-refractivity contribution is 7.89. The van der Waals surface area contributed by atoms with Gasteiger partial charge in [-0.05, 0) is 43.5 Å². The third kappa shape index (κ3) is 4.75. The van der Waals surface area contributed by atoms with E-state index in [-0.39, 0.29) is 12.6 Å². The Morgan fingerprint density at radius 2 is 1.71 bits per heavy atom. The van der Waals surface area contributed by atoms with Crippen molar-refractivity contribution in [2.24, 2.45) is 0 Å². The van der Waals surface area contributed by atoms with E-state index in [1.54, 1.807) is 0 Å². The molecule has 1 unspecified atom stereocenters. The van der Waals surface area contributed by atoms with Gasteiger partial charge in [-0.25, -0.2) is 13.1 Å². The van der Waals surface area contributed by atoms with Crippen LogP contribution < -0.4 is 4.72 Å². The van der Waals surface area contributed by atoms with E-state index in [0.717, 1.165) is 35.3 Å². The van der Waals surface area contributed by atoms with E-state index in [1.807, 2.05) is 57.2 Å². The molecule has 0 saturated carbocycles. The lowest BCUT2D eigenvalue weighted by Gasteiger charge is -2.35. The zero-order valence-corrected chi connectivity index (χ0v) is 18.1. The number of halogens is 1. The van der Waals surface area contributed by atoms with Crippen molar-refractivity contribution >= 4 is 21.6 Å². The van der Waals surface area contributed by atoms with Gasteiger partial charge in [-0.3, -0.25) is 4.90 Å². The van der Waals surface area contributed by atoms with Crippen LogP contribution in [0.25, 0.3) is 0 Å². The number of benzene rings is 2. The predicted octanol–water partition coefficient (Wildman–Crippen LogP) is 3.62. The minimum absolute atomic E-state index is 0.154. The molecule has 2 aromatic carbocycles. The Bertz CT molecular complexity index is 917. The van der Waals surface area contributed by atoms with E-state index in [4.69, 9.17) is 16.3 Å². The Morgan fingerprint density at radius 3 is 2.32 bits per heavy atom. The van der Waals surface area contributed by atoms with Gasteiger partial charge in [-0.1, -0.05) is 47.5 Å². The maximum absolute atomic E-state index is 13.1. The van der Waals surface area contributed by atoms with E-state index < -0.39 is 10.0 Å². The summed E-state index contributed by atoms with van der Waals surface area (Å²) in [6, 6.07) is 11.2. The lowest BCUT2D eigenvalue weighted by atomic mass is 10.0. The van der Waals surface area contributed by atoms with Crippen LogP contribution in [-0.2, 0) is 14.8 Å². The molecular formula is C21H27ClN2O3S. The number of aryl methyl sites for hydroxylation is 3. The molecule has 152 valence electrons. The molecule has 2 aromatic rings. The molecule has 1 fully saturated rings. The second-order valence-electron chi connectivity index (χ2n) is 7.27. The molecule has 0 amide bonds. The fourth-order valence-electron chi connectivity index (χ4n) is 3.92. The van der Waals surface area contributed by atoms with Gasteiger partial charge in [-0.15, -0.1) is 0 Å². The van der Waals surface area contributed by atoms with Crippen molar-refractivity contribution in [2.45, 2.75) is 31.7 Å². The van der Waals surface area contributed by atoms with E-state index in [9.17, 15) is 8.42 Å². The van der Waals surface area contributed by atoms with Gasteiger partial charge in [0.25, 0.3) is 0 Å². The highest BCUT2D eigenvalue weighted by atomic mass is 35.5. The molecule has 0 aliphatic carbocycles. The summed E-state index contributed by atoms with van der Waals surface area (Å²) in [5.74, 6) is 0. The van der Waals surface area contributed by atoms with E-state index >= 15 is 0 Å². The number of nitrogens with one attached hydrogen (secondary N) is 1. The first-order valence-electron chi connectivity index (χ1n) is 9.43. The summed E-state index contributed by atoms with van der Waals surface area (Å²) in [7, 11) is -3.64. The molecule has 1 saturated heterocycles. The normalized spacial score (nSPS) is 16.9. The van der Waals surface area contributed by atoms with Gasteiger partial charge in [0.2, 0.25) is 10.0 Å². The van der Waals surface area contributed by atoms with Gasteiger partial charge >= 0.3 is 0 Å². The lowest BCUT2D eigenvalue weighted by molar-refractivity contribution is 0.0172. The standard InChI is InChI=1S/C21H27ClN2O3S/c1-15-12-16(2)21(17(3)13-15)28(25,26)23-14-20(24-8-10-27-11-9-24)18-6-4-5-7-19(18)22/h4-7,12-13,20,23H,8-11,14H2,1-3H3. The third-order valence-electron chi connectivity index (χ3n) is 5.09. The number of nitrogens with zero attached hydrogens (tertiary/aromatic N) is 1. The summed E-state index contributed by atoms with van der Waals surface area (Å²) >= 11 is 6.44. The summed E-state index contributed by atoms with van der Waals surface area (Å²) in [6.45, 7) is 8.62. The Morgan fingerprint density at radius 1 is 1.11 bits per heavy atom. The smallest absolute Gasteiger partial charge is 0.241 e. The highest BCUT2D eigenvalue weighted by Gasteiger charge is 2.27. The van der Waals surface area contributed by atoms with Gasteiger partial charge in [0, 0.05) is 30.7 Å². The quantitative estimate of drug-likeness (QED) is 0.772. The van der Waals surface area contributed by atoms with Gasteiger partial charge < -0.3 is 4.74 Å². The van der Waals surface area contributed by atoms with E-state index in [1.165, 1.54) is 0 Å². The molecule has 3 rings (SSSR count). The largest absolute Gasteiger partial charge is 0.379 e. The van der Waals surface area contributed by atoms with Crippen molar-refractivity contribution in [1.29, 1.82) is 0 Å². The SMILES string of the molecule is Cc1cc(C)c(S(=O)(=O)NCC(c2ccccc2Cl)N2CCOCC2)c(C)c1. The van der Waals surface area contributed by atoms with Crippen LogP contribution in [0.1, 0.15) is 28.3 Å². The maximum Gasteiger partial charge on any atom is 0.241 e. The van der Waals surface area contributed by atoms with Gasteiger partial charge in [0.05, 0.1) is 18.1 Å². The van der Waals surface area contributed by atoms with Crippen molar-refractivity contribution in [3.8, 4) is 0 Å². The topological polar surface area (TPSA) is 58.6 Å². The predicted molar refractivity (Wildman–Crippen MR) is 112 cm³/mol. The number of rotatable bonds is 6. The van der Waals surface area contributed by atoms with Crippen LogP contribution in [-0.4, -0.2) is 46.2 Å². The number of morpholine rings is 1. The molecule has 5 nitrogen and oxygen atoms in total. The van der Waals surface area contributed by atoms with Crippen LogP contribution in [0.2, 0.25) is 5.02 Å². The molecule has 7 heteroatoms. The number of sulfonamides is 1. The first-order chi connectivity index (χ1) is 13.3. The average molecular weight is 423 g/mol. The Labute approximate surface area is 172 Å². The van der Waals surface area contributed by atoms with Gasteiger partial charge in [0.1, 0.15) is 0 Å². The summed E-state index contributed by atoms with van der Waals surface area (Å²) in [5, 5.41) is 0.640. The molecule has 1 heterocycles. The molecule has 0 spiro atoms. The van der Waals surface area contributed by atoms with Crippen molar-refractivity contribution in [2.75, 3.05) is 32.8 Å². The van der Waals surface area contributed by atoms with Crippen molar-refractivity contribution < 1.29 is 13.2 Å². The second-order valence-corrected chi connectivity index (χ2v) is 9.38. The maximum atomic E-state index is 13.1. The molecule has 0 radical (unpaired) electrons. The first kappa shape index (κ1) is 21.3. The fraction of sp³-hybridized carbons (Fsp3) is 0.429. The van der Waals surface area contributed by atoms with Crippen LogP contribution >= 0.6 is 11.6 Å². The van der Waals surface area contributed by atoms with Gasteiger partial charge in [-0.2, -0.15) is 0 Å². The Balaban J connectivity index is 1.88. The summed E-state index contributed by atoms with van der Waals surface area (Å²) in [6.07, 6.45) is 0. The first-order valence-corrected chi connectivity index (χ1v) is 11.3. The van der Waals surface area contributed by atoms with Crippen LogP contribution in [0.3, 0.4) is 0 Å². The lowest BCUT2D eigenvalue weighted by Crippen LogP contribution is -2.44. The minimum atomic E-state index is -3.64. The van der Waals surface area contributed by atoms with Crippen LogP contribution in [0.15, 0.2) is 41.3 Å². The van der Waals surface area contributed by atoms with E-state index in [0.29, 0.717) is 23.1 Å². The monoisotopic (exact) mass is 422 g/mol. The zero-order chi connectivity index (χ0) is 20.3. The number of hydrogen-bond donors (Lipinski definition) is 1. The Hall–Kier alpha value is -1.44. The average Bonchev–Trinajstić information content (AvgIpc) is 2.63. The molecular weight excluding hydrogens is 396 g/mol. The summed E-state index contributed by atoms with van der Waals surface area (Å²) in [4.78, 5) is 2.58. The summed E-state index contributed by atoms with van der Waals surface area (Å²) < 4.78 is 34.5. The molecule has 1 atom stereocenters. The van der Waals surface area contributed by atoms with Crippen molar-refractivity contribution in [1.82, 2.24) is 9.62 Å². The molecule has 0 bridgehead atoms. The minimum Gasteiger partial charge on any atom is -0.379 e. The number of hydrogen-bond acceptors (Lipinski definition) is 4. The van der Waals surface area contributed by atoms with Crippen molar-refractivity contribution in [3.05, 3.63) is 63.7 Å². The van der Waals surface area contributed by atoms with E-state index in [2.05, 4.69) is 9.62 Å². The Kier molecular flexibility index (Phi) is 6.78. The third-order valence-corrected chi connectivity index (χ3v) is 7.16.